The smallest absolute Gasteiger partial charge is 0.0551 e. The van der Waals surface area contributed by atoms with E-state index in [0.717, 1.165) is 5.69 Å². The lowest BCUT2D eigenvalue weighted by Crippen LogP contribution is -1.90. The monoisotopic (exact) mass is 339 g/mol. The first-order valence-electron chi connectivity index (χ1n) is 9.21. The summed E-state index contributed by atoms with van der Waals surface area (Å²) in [6.07, 6.45) is 8.42. The van der Waals surface area contributed by atoms with Crippen molar-refractivity contribution in [3.8, 4) is 0 Å². The van der Waals surface area contributed by atoms with Gasteiger partial charge in [0.15, 0.2) is 0 Å². The Balaban J connectivity index is 1.95. The largest absolute Gasteiger partial charge is 0.353 e. The van der Waals surface area contributed by atoms with Gasteiger partial charge in [-0.2, -0.15) is 0 Å². The average molecular weight is 339 g/mol. The molecule has 122 valence electrons. The molecule has 5 aromatic rings. The van der Waals surface area contributed by atoms with Crippen molar-refractivity contribution >= 4 is 67.5 Å². The van der Waals surface area contributed by atoms with Gasteiger partial charge in [0, 0.05) is 27.8 Å². The van der Waals surface area contributed by atoms with Crippen molar-refractivity contribution in [1.82, 2.24) is 4.98 Å². The number of aromatic nitrogens is 1. The molecule has 1 heterocycles. The van der Waals surface area contributed by atoms with E-state index in [-0.39, 0.29) is 0 Å². The number of benzene rings is 4. The van der Waals surface area contributed by atoms with Crippen molar-refractivity contribution in [2.75, 3.05) is 0 Å². The van der Waals surface area contributed by atoms with Crippen LogP contribution in [0.5, 0.6) is 0 Å². The first-order chi connectivity index (χ1) is 13.4. The molecule has 1 nitrogen and oxygen atoms in total. The van der Waals surface area contributed by atoms with Gasteiger partial charge in [-0.3, -0.25) is 0 Å². The number of aromatic amines is 1. The molecule has 0 fully saturated rings. The normalized spacial score (nSPS) is 13.6. The second-order valence-corrected chi connectivity index (χ2v) is 7.28. The zero-order valence-corrected chi connectivity index (χ0v) is 14.4. The van der Waals surface area contributed by atoms with Gasteiger partial charge >= 0.3 is 0 Å². The Kier molecular flexibility index (Phi) is 2.24. The van der Waals surface area contributed by atoms with Crippen LogP contribution in [0.25, 0.3) is 67.5 Å². The Morgan fingerprint density at radius 2 is 1.15 bits per heavy atom. The molecule has 0 saturated heterocycles. The van der Waals surface area contributed by atoms with Crippen LogP contribution in [0.15, 0.2) is 60.0 Å². The van der Waals surface area contributed by atoms with Gasteiger partial charge in [-0.15, -0.1) is 11.5 Å². The molecule has 0 unspecified atom stereocenters. The van der Waals surface area contributed by atoms with Crippen molar-refractivity contribution in [3.05, 3.63) is 82.4 Å². The number of nitrogens with one attached hydrogen (secondary N) is 1. The molecular weight excluding hydrogens is 326 g/mol. The minimum atomic E-state index is 1.15. The number of hydrogen-bond donors (Lipinski definition) is 1. The predicted octanol–water partition coefficient (Wildman–Crippen LogP) is 6.91. The molecule has 0 bridgehead atoms. The zero-order valence-electron chi connectivity index (χ0n) is 14.4. The number of hydrogen-bond acceptors (Lipinski definition) is 0. The maximum atomic E-state index is 3.66. The van der Waals surface area contributed by atoms with Crippen molar-refractivity contribution in [3.63, 3.8) is 0 Å². The van der Waals surface area contributed by atoms with Crippen LogP contribution in [-0.4, -0.2) is 4.98 Å². The summed E-state index contributed by atoms with van der Waals surface area (Å²) in [5.41, 5.74) is 12.8. The summed E-state index contributed by atoms with van der Waals surface area (Å²) in [7, 11) is 0. The summed E-state index contributed by atoms with van der Waals surface area (Å²) >= 11 is 0. The van der Waals surface area contributed by atoms with Gasteiger partial charge in [0.1, 0.15) is 0 Å². The lowest BCUT2D eigenvalue weighted by atomic mass is 9.87. The molecule has 0 spiro atoms. The Morgan fingerprint density at radius 3 is 2.00 bits per heavy atom. The Hall–Kier alpha value is -3.76. The van der Waals surface area contributed by atoms with E-state index in [1.165, 1.54) is 59.9 Å². The van der Waals surface area contributed by atoms with Crippen LogP contribution < -0.4 is 0 Å². The van der Waals surface area contributed by atoms with Crippen LogP contribution in [0.3, 0.4) is 0 Å². The third-order valence-corrected chi connectivity index (χ3v) is 5.99. The van der Waals surface area contributed by atoms with Crippen LogP contribution in [0.2, 0.25) is 0 Å². The van der Waals surface area contributed by atoms with Crippen LogP contribution >= 0.6 is 0 Å². The molecule has 1 N–H and O–H groups in total. The standard InChI is InChI=1S/C26H13N/c1-2-8-17-15(7-1)16-11-5-12-18(16)24-23(17)19-9-3-4-10-20(19)26-25(24)21-13-6-14-22(21)27-26/h1-4,7-14,27H. The van der Waals surface area contributed by atoms with Crippen molar-refractivity contribution in [2.45, 2.75) is 0 Å². The highest BCUT2D eigenvalue weighted by atomic mass is 14.7. The van der Waals surface area contributed by atoms with Gasteiger partial charge in [0.2, 0.25) is 0 Å². The van der Waals surface area contributed by atoms with Crippen LogP contribution in [-0.2, 0) is 0 Å². The summed E-state index contributed by atoms with van der Waals surface area (Å²) < 4.78 is 0. The molecule has 0 radical (unpaired) electrons. The summed E-state index contributed by atoms with van der Waals surface area (Å²) in [5, 5.41) is 9.14. The maximum absolute atomic E-state index is 3.66. The molecule has 27 heavy (non-hydrogen) atoms. The Morgan fingerprint density at radius 1 is 0.519 bits per heavy atom. The number of H-pyrrole nitrogens is 1. The summed E-state index contributed by atoms with van der Waals surface area (Å²) in [5.74, 6) is 0. The molecular formula is C26H13N. The maximum Gasteiger partial charge on any atom is 0.0551 e. The van der Waals surface area contributed by atoms with E-state index in [4.69, 9.17) is 0 Å². The van der Waals surface area contributed by atoms with Gasteiger partial charge in [-0.25, -0.2) is 0 Å². The van der Waals surface area contributed by atoms with E-state index < -0.39 is 0 Å². The van der Waals surface area contributed by atoms with Gasteiger partial charge in [0.25, 0.3) is 0 Å². The quantitative estimate of drug-likeness (QED) is 0.228. The van der Waals surface area contributed by atoms with Crippen molar-refractivity contribution < 1.29 is 0 Å². The number of fused-ring (bicyclic) bond motifs is 13. The summed E-state index contributed by atoms with van der Waals surface area (Å²) in [6.45, 7) is 0. The van der Waals surface area contributed by atoms with Gasteiger partial charge in [-0.1, -0.05) is 48.5 Å². The fourth-order valence-corrected chi connectivity index (χ4v) is 4.92. The molecule has 7 rings (SSSR count). The first kappa shape index (κ1) is 13.4. The molecule has 0 amide bonds. The van der Waals surface area contributed by atoms with E-state index in [1.807, 2.05) is 6.08 Å². The highest BCUT2D eigenvalue weighted by molar-refractivity contribution is 6.35. The Labute approximate surface area is 155 Å². The molecule has 0 aliphatic heterocycles. The van der Waals surface area contributed by atoms with E-state index in [9.17, 15) is 0 Å². The third kappa shape index (κ3) is 1.49. The minimum absolute atomic E-state index is 1.15. The molecule has 2 aliphatic carbocycles. The van der Waals surface area contributed by atoms with E-state index >= 15 is 0 Å². The molecule has 0 saturated carbocycles. The highest BCUT2D eigenvalue weighted by Gasteiger charge is 2.22. The van der Waals surface area contributed by atoms with Crippen LogP contribution in [0, 0.1) is 0 Å². The lowest BCUT2D eigenvalue weighted by molar-refractivity contribution is 1.44. The van der Waals surface area contributed by atoms with Crippen molar-refractivity contribution in [2.24, 2.45) is 0 Å². The fourth-order valence-electron chi connectivity index (χ4n) is 4.92. The second kappa shape index (κ2) is 4.50. The van der Waals surface area contributed by atoms with E-state index in [1.54, 1.807) is 0 Å². The Bertz CT molecular complexity index is 1630. The van der Waals surface area contributed by atoms with Gasteiger partial charge < -0.3 is 4.98 Å². The van der Waals surface area contributed by atoms with Crippen LogP contribution in [0.1, 0.15) is 22.4 Å². The molecule has 0 atom stereocenters. The zero-order chi connectivity index (χ0) is 17.5. The van der Waals surface area contributed by atoms with Crippen molar-refractivity contribution in [1.29, 1.82) is 0 Å². The molecule has 4 aromatic carbocycles. The van der Waals surface area contributed by atoms with Crippen LogP contribution in [0.4, 0.5) is 0 Å². The fraction of sp³-hybridized carbons (Fsp3) is 0. The van der Waals surface area contributed by atoms with Gasteiger partial charge in [0.05, 0.1) is 11.2 Å². The molecule has 1 aromatic heterocycles. The summed E-state index contributed by atoms with van der Waals surface area (Å²) in [6, 6.07) is 17.5. The predicted molar refractivity (Wildman–Crippen MR) is 116 cm³/mol. The minimum Gasteiger partial charge on any atom is -0.353 e. The van der Waals surface area contributed by atoms with Gasteiger partial charge in [-0.05, 0) is 50.9 Å². The highest BCUT2D eigenvalue weighted by Crippen LogP contribution is 2.46. The third-order valence-electron chi connectivity index (χ3n) is 5.99. The molecule has 1 heteroatoms. The SMILES string of the molecule is C1=Cc2[nH]c3c4ccccc4c4c5ccccc5c5c(c4c3c2C=1)C=C=C5. The lowest BCUT2D eigenvalue weighted by Gasteiger charge is -2.15. The van der Waals surface area contributed by atoms with E-state index in [2.05, 4.69) is 83.2 Å². The van der Waals surface area contributed by atoms with E-state index in [0.29, 0.717) is 0 Å². The number of rotatable bonds is 0. The summed E-state index contributed by atoms with van der Waals surface area (Å²) in [4.78, 5) is 3.66. The average Bonchev–Trinajstić information content (AvgIpc) is 3.43. The molecule has 2 aliphatic rings. The first-order valence-corrected chi connectivity index (χ1v) is 9.21. The topological polar surface area (TPSA) is 15.8 Å². The second-order valence-electron chi connectivity index (χ2n) is 7.28.